The zero-order valence-corrected chi connectivity index (χ0v) is 25.4. The van der Waals surface area contributed by atoms with E-state index in [2.05, 4.69) is 9.99 Å². The molecule has 0 radical (unpaired) electrons. The Hall–Kier alpha value is -2.95. The number of imidazole rings is 1. The van der Waals surface area contributed by atoms with Gasteiger partial charge in [-0.15, -0.1) is 0 Å². The molecule has 1 aromatic heterocycles. The van der Waals surface area contributed by atoms with E-state index >= 15 is 0 Å². The van der Waals surface area contributed by atoms with Crippen molar-refractivity contribution in [3.05, 3.63) is 68.2 Å². The normalized spacial score (nSPS) is 14.1. The Balaban J connectivity index is 1.79. The first-order chi connectivity index (χ1) is 19.6. The van der Waals surface area contributed by atoms with Crippen molar-refractivity contribution in [3.8, 4) is 0 Å². The van der Waals surface area contributed by atoms with Gasteiger partial charge >= 0.3 is 0 Å². The fourth-order valence-electron chi connectivity index (χ4n) is 4.92. The van der Waals surface area contributed by atoms with E-state index in [9.17, 15) is 19.8 Å². The number of carbonyl (C=O) groups is 2. The smallest absolute Gasteiger partial charge is 0.282 e. The van der Waals surface area contributed by atoms with Crippen LogP contribution < -0.4 is 30.1 Å². The van der Waals surface area contributed by atoms with E-state index in [4.69, 9.17) is 46.4 Å². The van der Waals surface area contributed by atoms with Crippen LogP contribution in [0.3, 0.4) is 0 Å². The minimum atomic E-state index is -1.17. The summed E-state index contributed by atoms with van der Waals surface area (Å²) < 4.78 is 4.08. The standard InChI is InChI=1S/C28H29Cl4N5O4/c1-3-34-21-13-17(29)18(30)14-22(21)36(12-6-9-27(38)39)25(34)7-5-8-26-35(4-2)23-15-19(31)20(32)16-24(23)37(26)33-11-10-28(40)41/h5,7-8,13-16,33H,3-4,6,9-12H2,1-2H3,(H-,38,39,40,41)/p-1. The highest BCUT2D eigenvalue weighted by molar-refractivity contribution is 6.43. The molecular formula is C28H28Cl4N5O4-. The summed E-state index contributed by atoms with van der Waals surface area (Å²) in [5.41, 5.74) is 6.37. The first kappa shape index (κ1) is 31.0. The number of rotatable bonds is 12. The van der Waals surface area contributed by atoms with Gasteiger partial charge in [0.05, 0.1) is 44.6 Å². The summed E-state index contributed by atoms with van der Waals surface area (Å²) in [6.45, 7) is 5.77. The number of carboxylic acids is 2. The molecule has 0 atom stereocenters. The molecule has 41 heavy (non-hydrogen) atoms. The van der Waals surface area contributed by atoms with Crippen molar-refractivity contribution < 1.29 is 24.4 Å². The number of fused-ring (bicyclic) bond motifs is 2. The molecule has 1 N–H and O–H groups in total. The molecule has 1 aliphatic heterocycles. The number of hydrogen-bond acceptors (Lipinski definition) is 7. The molecule has 2 heterocycles. The number of aryl methyl sites for hydroxylation is 2. The summed E-state index contributed by atoms with van der Waals surface area (Å²) in [5, 5.41) is 25.5. The Bertz CT molecular complexity index is 1550. The van der Waals surface area contributed by atoms with Gasteiger partial charge in [0.15, 0.2) is 11.0 Å². The number of aliphatic carboxylic acids is 2. The number of benzene rings is 2. The van der Waals surface area contributed by atoms with Crippen LogP contribution in [0.5, 0.6) is 0 Å². The van der Waals surface area contributed by atoms with Crippen molar-refractivity contribution in [1.29, 1.82) is 0 Å². The van der Waals surface area contributed by atoms with Crippen molar-refractivity contribution >= 4 is 86.8 Å². The average Bonchev–Trinajstić information content (AvgIpc) is 3.34. The van der Waals surface area contributed by atoms with Crippen LogP contribution in [0.15, 0.2) is 42.2 Å². The quantitative estimate of drug-likeness (QED) is 0.299. The fourth-order valence-corrected chi connectivity index (χ4v) is 5.55. The van der Waals surface area contributed by atoms with Crippen LogP contribution in [-0.2, 0) is 22.7 Å². The molecule has 0 fully saturated rings. The maximum atomic E-state index is 11.1. The van der Waals surface area contributed by atoms with Crippen molar-refractivity contribution in [2.45, 2.75) is 46.2 Å². The van der Waals surface area contributed by atoms with Crippen LogP contribution in [0, 0.1) is 0 Å². The third kappa shape index (κ3) is 6.60. The van der Waals surface area contributed by atoms with Gasteiger partial charge in [0.2, 0.25) is 0 Å². The highest BCUT2D eigenvalue weighted by Crippen LogP contribution is 2.44. The van der Waals surface area contributed by atoms with Crippen LogP contribution in [0.2, 0.25) is 20.1 Å². The molecule has 0 aliphatic carbocycles. The molecule has 3 aromatic rings. The van der Waals surface area contributed by atoms with Gasteiger partial charge in [-0.1, -0.05) is 52.5 Å². The van der Waals surface area contributed by atoms with E-state index in [-0.39, 0.29) is 19.4 Å². The van der Waals surface area contributed by atoms with Crippen molar-refractivity contribution in [2.75, 3.05) is 23.0 Å². The lowest BCUT2D eigenvalue weighted by molar-refractivity contribution is -0.674. The minimum Gasteiger partial charge on any atom is -0.550 e. The van der Waals surface area contributed by atoms with E-state index in [0.29, 0.717) is 46.1 Å². The third-order valence-corrected chi connectivity index (χ3v) is 8.14. The number of aromatic nitrogens is 2. The first-order valence-corrected chi connectivity index (χ1v) is 14.6. The Labute approximate surface area is 257 Å². The van der Waals surface area contributed by atoms with Crippen LogP contribution in [-0.4, -0.2) is 29.6 Å². The van der Waals surface area contributed by atoms with Crippen LogP contribution in [0.1, 0.15) is 38.9 Å². The molecular weight excluding hydrogens is 612 g/mol. The molecule has 2 aromatic carbocycles. The Morgan fingerprint density at radius 1 is 0.902 bits per heavy atom. The predicted molar refractivity (Wildman–Crippen MR) is 159 cm³/mol. The number of nitrogens with one attached hydrogen (secondary N) is 1. The number of carbonyl (C=O) groups excluding carboxylic acids is 2. The van der Waals surface area contributed by atoms with E-state index in [1.807, 2.05) is 41.5 Å². The number of anilines is 2. The summed E-state index contributed by atoms with van der Waals surface area (Å²) in [6.07, 6.45) is 5.79. The molecule has 4 rings (SSSR count). The third-order valence-electron chi connectivity index (χ3n) is 6.69. The molecule has 0 amide bonds. The maximum absolute atomic E-state index is 11.1. The van der Waals surface area contributed by atoms with Gasteiger partial charge in [-0.25, -0.2) is 14.6 Å². The first-order valence-electron chi connectivity index (χ1n) is 13.1. The topological polar surface area (TPSA) is 108 Å². The number of carboxylic acid groups (broad SMARTS) is 2. The van der Waals surface area contributed by atoms with Crippen molar-refractivity contribution in [2.24, 2.45) is 0 Å². The summed E-state index contributed by atoms with van der Waals surface area (Å²) in [5.74, 6) is -0.736. The van der Waals surface area contributed by atoms with Crippen molar-refractivity contribution in [3.63, 3.8) is 0 Å². The molecule has 0 saturated heterocycles. The molecule has 9 nitrogen and oxygen atoms in total. The van der Waals surface area contributed by atoms with E-state index in [1.54, 1.807) is 29.3 Å². The van der Waals surface area contributed by atoms with Gasteiger partial charge < -0.3 is 24.7 Å². The SMILES string of the molecule is CCN1C(=CC=Cc2n(CC)c3cc(Cl)c(Cl)cc3[n+]2CCCC(=O)[O-])N(NCCC(=O)[O-])c2cc(Cl)c(Cl)cc21. The summed E-state index contributed by atoms with van der Waals surface area (Å²) >= 11 is 25.4. The number of allylic oxidation sites excluding steroid dienone is 2. The molecule has 0 bridgehead atoms. The van der Waals surface area contributed by atoms with E-state index in [0.717, 1.165) is 34.1 Å². The highest BCUT2D eigenvalue weighted by atomic mass is 35.5. The second-order valence-electron chi connectivity index (χ2n) is 9.23. The van der Waals surface area contributed by atoms with Gasteiger partial charge in [0.25, 0.3) is 5.82 Å². The van der Waals surface area contributed by atoms with E-state index < -0.39 is 11.9 Å². The number of halogens is 4. The Kier molecular flexibility index (Phi) is 10.1. The van der Waals surface area contributed by atoms with Gasteiger partial charge in [-0.2, -0.15) is 0 Å². The van der Waals surface area contributed by atoms with Gasteiger partial charge in [0.1, 0.15) is 5.82 Å². The number of hydrogen-bond donors (Lipinski definition) is 1. The zero-order valence-electron chi connectivity index (χ0n) is 22.4. The van der Waals surface area contributed by atoms with Crippen LogP contribution in [0.4, 0.5) is 11.4 Å². The van der Waals surface area contributed by atoms with Crippen LogP contribution in [0.25, 0.3) is 17.1 Å². The molecule has 218 valence electrons. The molecule has 0 unspecified atom stereocenters. The largest absolute Gasteiger partial charge is 0.550 e. The fraction of sp³-hybridized carbons (Fsp3) is 0.321. The lowest BCUT2D eigenvalue weighted by Gasteiger charge is -2.25. The molecule has 1 aliphatic rings. The Morgan fingerprint density at radius 2 is 1.54 bits per heavy atom. The second kappa shape index (κ2) is 13.4. The zero-order chi connectivity index (χ0) is 29.8. The number of nitrogens with zero attached hydrogens (tertiary/aromatic N) is 4. The Morgan fingerprint density at radius 3 is 2.17 bits per heavy atom. The highest BCUT2D eigenvalue weighted by Gasteiger charge is 2.31. The van der Waals surface area contributed by atoms with Gasteiger partial charge in [-0.3, -0.25) is 5.01 Å². The van der Waals surface area contributed by atoms with Crippen molar-refractivity contribution in [1.82, 2.24) is 9.99 Å². The summed E-state index contributed by atoms with van der Waals surface area (Å²) in [6, 6.07) is 7.08. The summed E-state index contributed by atoms with van der Waals surface area (Å²) in [7, 11) is 0. The molecule has 0 saturated carbocycles. The lowest BCUT2D eigenvalue weighted by atomic mass is 10.2. The molecule has 0 spiro atoms. The summed E-state index contributed by atoms with van der Waals surface area (Å²) in [4.78, 5) is 24.2. The molecule has 13 heteroatoms. The lowest BCUT2D eigenvalue weighted by Crippen LogP contribution is -2.41. The maximum Gasteiger partial charge on any atom is 0.282 e. The van der Waals surface area contributed by atoms with Crippen LogP contribution >= 0.6 is 46.4 Å². The predicted octanol–water partition coefficient (Wildman–Crippen LogP) is 3.94. The second-order valence-corrected chi connectivity index (χ2v) is 10.9. The van der Waals surface area contributed by atoms with E-state index in [1.165, 1.54) is 0 Å². The number of hydrazine groups is 1. The van der Waals surface area contributed by atoms with Gasteiger partial charge in [-0.05, 0) is 44.9 Å². The monoisotopic (exact) mass is 638 g/mol. The van der Waals surface area contributed by atoms with Gasteiger partial charge in [0, 0.05) is 49.7 Å². The average molecular weight is 640 g/mol. The minimum absolute atomic E-state index is 0.0817.